The molecule has 0 aliphatic heterocycles. The van der Waals surface area contributed by atoms with E-state index in [1.807, 2.05) is 0 Å². The van der Waals surface area contributed by atoms with Gasteiger partial charge in [-0.1, -0.05) is 0 Å². The Balaban J connectivity index is 2.02. The number of hydrogen-bond acceptors (Lipinski definition) is 7. The topological polar surface area (TPSA) is 103 Å². The molecule has 148 valence electrons. The standard InChI is InChI=1S/C18H19FN4O4S/c1-4-27-18(24)16-14-15(11(2)9-20-17(14)23(3)22-16)21-10-28(25,26)13-7-5-12(19)6-8-13/h5-9H,4,10H2,1-3H3,(H,20,21). The number of esters is 1. The molecule has 10 heteroatoms. The molecule has 0 saturated heterocycles. The van der Waals surface area contributed by atoms with Gasteiger partial charge in [0.1, 0.15) is 11.7 Å². The fraction of sp³-hybridized carbons (Fsp3) is 0.278. The van der Waals surface area contributed by atoms with E-state index in [9.17, 15) is 17.6 Å². The molecular formula is C18H19FN4O4S. The molecule has 2 heterocycles. The van der Waals surface area contributed by atoms with Crippen LogP contribution >= 0.6 is 0 Å². The lowest BCUT2D eigenvalue weighted by molar-refractivity contribution is 0.0521. The quantitative estimate of drug-likeness (QED) is 0.495. The van der Waals surface area contributed by atoms with Gasteiger partial charge in [-0.15, -0.1) is 0 Å². The molecule has 0 fully saturated rings. The fourth-order valence-corrected chi connectivity index (χ4v) is 3.83. The fourth-order valence-electron chi connectivity index (χ4n) is 2.78. The SMILES string of the molecule is CCOC(=O)c1nn(C)c2ncc(C)c(NCS(=O)(=O)c3ccc(F)cc3)c12. The van der Waals surface area contributed by atoms with Crippen molar-refractivity contribution in [2.75, 3.05) is 17.8 Å². The van der Waals surface area contributed by atoms with Gasteiger partial charge in [-0.05, 0) is 43.7 Å². The molecule has 3 aromatic rings. The zero-order valence-electron chi connectivity index (χ0n) is 15.6. The van der Waals surface area contributed by atoms with Crippen LogP contribution in [0.25, 0.3) is 11.0 Å². The second kappa shape index (κ2) is 7.55. The largest absolute Gasteiger partial charge is 0.461 e. The molecule has 0 bridgehead atoms. The van der Waals surface area contributed by atoms with Crippen molar-refractivity contribution in [2.24, 2.45) is 7.05 Å². The first-order chi connectivity index (χ1) is 13.2. The van der Waals surface area contributed by atoms with E-state index >= 15 is 0 Å². The smallest absolute Gasteiger partial charge is 0.359 e. The van der Waals surface area contributed by atoms with Gasteiger partial charge in [0, 0.05) is 13.2 Å². The summed E-state index contributed by atoms with van der Waals surface area (Å²) in [4.78, 5) is 16.5. The Kier molecular flexibility index (Phi) is 5.32. The molecule has 8 nitrogen and oxygen atoms in total. The maximum atomic E-state index is 13.1. The van der Waals surface area contributed by atoms with Crippen LogP contribution in [0.5, 0.6) is 0 Å². The first-order valence-electron chi connectivity index (χ1n) is 8.46. The molecule has 0 radical (unpaired) electrons. The van der Waals surface area contributed by atoms with Crippen molar-refractivity contribution in [1.29, 1.82) is 0 Å². The van der Waals surface area contributed by atoms with Crippen molar-refractivity contribution < 1.29 is 22.3 Å². The number of fused-ring (bicyclic) bond motifs is 1. The number of aryl methyl sites for hydroxylation is 2. The van der Waals surface area contributed by atoms with Gasteiger partial charge in [-0.25, -0.2) is 27.3 Å². The molecule has 28 heavy (non-hydrogen) atoms. The van der Waals surface area contributed by atoms with Gasteiger partial charge in [0.05, 0.1) is 22.6 Å². The van der Waals surface area contributed by atoms with E-state index in [1.165, 1.54) is 16.8 Å². The predicted molar refractivity (Wildman–Crippen MR) is 101 cm³/mol. The van der Waals surface area contributed by atoms with Gasteiger partial charge in [0.15, 0.2) is 21.2 Å². The molecule has 1 aromatic carbocycles. The lowest BCUT2D eigenvalue weighted by atomic mass is 10.1. The number of carbonyl (C=O) groups is 1. The first-order valence-corrected chi connectivity index (χ1v) is 10.1. The Labute approximate surface area is 161 Å². The Morgan fingerprint density at radius 1 is 1.29 bits per heavy atom. The van der Waals surface area contributed by atoms with Gasteiger partial charge < -0.3 is 10.1 Å². The molecule has 1 N–H and O–H groups in total. The summed E-state index contributed by atoms with van der Waals surface area (Å²) in [5.41, 5.74) is 1.53. The van der Waals surface area contributed by atoms with E-state index in [2.05, 4.69) is 15.4 Å². The van der Waals surface area contributed by atoms with Crippen molar-refractivity contribution in [2.45, 2.75) is 18.7 Å². The Morgan fingerprint density at radius 3 is 2.61 bits per heavy atom. The summed E-state index contributed by atoms with van der Waals surface area (Å²) in [6.07, 6.45) is 1.56. The van der Waals surface area contributed by atoms with Crippen LogP contribution in [0.3, 0.4) is 0 Å². The highest BCUT2D eigenvalue weighted by atomic mass is 32.2. The number of aromatic nitrogens is 3. The Morgan fingerprint density at radius 2 is 1.96 bits per heavy atom. The third-order valence-corrected chi connectivity index (χ3v) is 5.64. The number of halogens is 1. The van der Waals surface area contributed by atoms with Gasteiger partial charge in [-0.3, -0.25) is 0 Å². The molecule has 0 saturated carbocycles. The molecule has 3 rings (SSSR count). The van der Waals surface area contributed by atoms with Crippen LogP contribution in [0.15, 0.2) is 35.4 Å². The van der Waals surface area contributed by atoms with E-state index in [-0.39, 0.29) is 17.2 Å². The van der Waals surface area contributed by atoms with Crippen molar-refractivity contribution >= 4 is 32.5 Å². The van der Waals surface area contributed by atoms with E-state index in [0.29, 0.717) is 22.3 Å². The highest BCUT2D eigenvalue weighted by Gasteiger charge is 2.23. The normalized spacial score (nSPS) is 11.6. The Hall–Kier alpha value is -3.01. The zero-order chi connectivity index (χ0) is 20.5. The highest BCUT2D eigenvalue weighted by Crippen LogP contribution is 2.29. The molecule has 0 aliphatic rings. The lowest BCUT2D eigenvalue weighted by Gasteiger charge is -2.12. The van der Waals surface area contributed by atoms with Gasteiger partial charge >= 0.3 is 5.97 Å². The second-order valence-electron chi connectivity index (χ2n) is 6.10. The van der Waals surface area contributed by atoms with Crippen LogP contribution in [0.4, 0.5) is 10.1 Å². The van der Waals surface area contributed by atoms with Gasteiger partial charge in [0.2, 0.25) is 0 Å². The number of hydrogen-bond donors (Lipinski definition) is 1. The van der Waals surface area contributed by atoms with Crippen LogP contribution in [0.2, 0.25) is 0 Å². The van der Waals surface area contributed by atoms with Crippen LogP contribution in [0, 0.1) is 12.7 Å². The molecule has 0 atom stereocenters. The minimum atomic E-state index is -3.74. The monoisotopic (exact) mass is 406 g/mol. The van der Waals surface area contributed by atoms with Crippen LogP contribution < -0.4 is 5.32 Å². The van der Waals surface area contributed by atoms with Crippen molar-refractivity contribution in [3.8, 4) is 0 Å². The van der Waals surface area contributed by atoms with Gasteiger partial charge in [0.25, 0.3) is 0 Å². The number of rotatable bonds is 6. The number of anilines is 1. The number of nitrogens with one attached hydrogen (secondary N) is 1. The third-order valence-electron chi connectivity index (χ3n) is 4.12. The van der Waals surface area contributed by atoms with Crippen molar-refractivity contribution in [1.82, 2.24) is 14.8 Å². The molecule has 0 spiro atoms. The summed E-state index contributed by atoms with van der Waals surface area (Å²) < 4.78 is 44.7. The summed E-state index contributed by atoms with van der Waals surface area (Å²) in [6.45, 7) is 3.60. The number of benzene rings is 1. The van der Waals surface area contributed by atoms with Crippen molar-refractivity contribution in [3.63, 3.8) is 0 Å². The number of carbonyl (C=O) groups excluding carboxylic acids is 1. The summed E-state index contributed by atoms with van der Waals surface area (Å²) >= 11 is 0. The number of sulfone groups is 1. The maximum Gasteiger partial charge on any atom is 0.359 e. The van der Waals surface area contributed by atoms with Gasteiger partial charge in [-0.2, -0.15) is 5.10 Å². The summed E-state index contributed by atoms with van der Waals surface area (Å²) in [6, 6.07) is 4.58. The first kappa shape index (κ1) is 19.7. The van der Waals surface area contributed by atoms with Crippen LogP contribution in [-0.2, 0) is 21.6 Å². The summed E-state index contributed by atoms with van der Waals surface area (Å²) in [7, 11) is -2.11. The molecule has 0 amide bonds. The summed E-state index contributed by atoms with van der Waals surface area (Å²) in [5.74, 6) is -1.59. The van der Waals surface area contributed by atoms with Crippen molar-refractivity contribution in [3.05, 3.63) is 47.5 Å². The zero-order valence-corrected chi connectivity index (χ0v) is 16.4. The third kappa shape index (κ3) is 3.68. The molecular weight excluding hydrogens is 387 g/mol. The van der Waals surface area contributed by atoms with E-state index < -0.39 is 27.5 Å². The Bertz CT molecular complexity index is 1140. The van der Waals surface area contributed by atoms with Crippen LogP contribution in [0.1, 0.15) is 23.0 Å². The van der Waals surface area contributed by atoms with E-state index in [4.69, 9.17) is 4.74 Å². The summed E-state index contributed by atoms with van der Waals surface area (Å²) in [5, 5.41) is 7.43. The number of nitrogens with zero attached hydrogens (tertiary/aromatic N) is 3. The predicted octanol–water partition coefficient (Wildman–Crippen LogP) is 2.44. The second-order valence-corrected chi connectivity index (χ2v) is 8.09. The molecule has 2 aromatic heterocycles. The molecule has 0 unspecified atom stereocenters. The van der Waals surface area contributed by atoms with E-state index in [0.717, 1.165) is 12.1 Å². The lowest BCUT2D eigenvalue weighted by Crippen LogP contribution is -2.16. The van der Waals surface area contributed by atoms with Crippen LogP contribution in [-0.4, -0.2) is 41.6 Å². The highest BCUT2D eigenvalue weighted by molar-refractivity contribution is 7.91. The average molecular weight is 406 g/mol. The number of pyridine rings is 1. The maximum absolute atomic E-state index is 13.1. The minimum Gasteiger partial charge on any atom is -0.461 e. The number of ether oxygens (including phenoxy) is 1. The van der Waals surface area contributed by atoms with E-state index in [1.54, 1.807) is 27.1 Å². The minimum absolute atomic E-state index is 0.0128. The average Bonchev–Trinajstić information content (AvgIpc) is 2.98. The molecule has 0 aliphatic carbocycles.